The highest BCUT2D eigenvalue weighted by Crippen LogP contribution is 2.26. The van der Waals surface area contributed by atoms with E-state index >= 15 is 0 Å². The van der Waals surface area contributed by atoms with Crippen molar-refractivity contribution >= 4 is 12.4 Å². The molecule has 1 atom stereocenters. The summed E-state index contributed by atoms with van der Waals surface area (Å²) in [6.45, 7) is -0.176. The zero-order valence-electron chi connectivity index (χ0n) is 8.25. The number of alkyl halides is 2. The third kappa shape index (κ3) is 3.43. The summed E-state index contributed by atoms with van der Waals surface area (Å²) in [6.07, 6.45) is 0.651. The van der Waals surface area contributed by atoms with Crippen LogP contribution in [0.5, 0.6) is 0 Å². The Bertz CT molecular complexity index is 303. The van der Waals surface area contributed by atoms with Crippen LogP contribution in [0.3, 0.4) is 0 Å². The second kappa shape index (κ2) is 4.90. The highest BCUT2D eigenvalue weighted by atomic mass is 35.5. The maximum Gasteiger partial charge on any atom is 0.261 e. The van der Waals surface area contributed by atoms with Crippen molar-refractivity contribution in [2.45, 2.75) is 24.8 Å². The van der Waals surface area contributed by atoms with Crippen molar-refractivity contribution < 1.29 is 8.78 Å². The molecular formula is C11H14ClF2N. The van der Waals surface area contributed by atoms with E-state index in [1.807, 2.05) is 30.3 Å². The number of rotatable bonds is 2. The Kier molecular flexibility index (Phi) is 4.05. The third-order valence-electron chi connectivity index (χ3n) is 2.52. The molecule has 0 aromatic heterocycles. The topological polar surface area (TPSA) is 12.0 Å². The van der Waals surface area contributed by atoms with Crippen molar-refractivity contribution in [2.75, 3.05) is 6.54 Å². The lowest BCUT2D eigenvalue weighted by Crippen LogP contribution is -2.24. The molecule has 15 heavy (non-hydrogen) atoms. The van der Waals surface area contributed by atoms with Gasteiger partial charge in [-0.3, -0.25) is 0 Å². The molecule has 0 spiro atoms. The molecule has 1 N–H and O–H groups in total. The van der Waals surface area contributed by atoms with Crippen molar-refractivity contribution in [3.05, 3.63) is 35.9 Å². The third-order valence-corrected chi connectivity index (χ3v) is 2.52. The Morgan fingerprint density at radius 1 is 1.27 bits per heavy atom. The summed E-state index contributed by atoms with van der Waals surface area (Å²) in [6, 6.07) is 9.66. The van der Waals surface area contributed by atoms with Crippen molar-refractivity contribution in [1.29, 1.82) is 0 Å². The predicted molar refractivity (Wildman–Crippen MR) is 58.7 cm³/mol. The number of hydrogen-bond acceptors (Lipinski definition) is 1. The van der Waals surface area contributed by atoms with Crippen molar-refractivity contribution in [1.82, 2.24) is 5.32 Å². The van der Waals surface area contributed by atoms with E-state index in [0.717, 1.165) is 5.56 Å². The fourth-order valence-electron chi connectivity index (χ4n) is 1.84. The standard InChI is InChI=1S/C11H13F2N.ClH/c12-11(13)7-10(14-8-11)6-9-4-2-1-3-5-9;/h1-5,10,14H,6-8H2;1H. The van der Waals surface area contributed by atoms with Gasteiger partial charge in [-0.1, -0.05) is 30.3 Å². The van der Waals surface area contributed by atoms with Crippen LogP contribution < -0.4 is 5.32 Å². The number of benzene rings is 1. The van der Waals surface area contributed by atoms with E-state index in [9.17, 15) is 8.78 Å². The molecular weight excluding hydrogens is 220 g/mol. The minimum Gasteiger partial charge on any atom is -0.308 e. The summed E-state index contributed by atoms with van der Waals surface area (Å²) in [5.74, 6) is -2.51. The van der Waals surface area contributed by atoms with Gasteiger partial charge in [0, 0.05) is 12.5 Å². The van der Waals surface area contributed by atoms with Gasteiger partial charge < -0.3 is 5.32 Å². The Labute approximate surface area is 94.3 Å². The fraction of sp³-hybridized carbons (Fsp3) is 0.455. The lowest BCUT2D eigenvalue weighted by molar-refractivity contribution is 0.0211. The second-order valence-corrected chi connectivity index (χ2v) is 3.83. The Balaban J connectivity index is 0.00000112. The Hall–Kier alpha value is -0.670. The minimum atomic E-state index is -2.51. The van der Waals surface area contributed by atoms with Crippen molar-refractivity contribution in [3.8, 4) is 0 Å². The average molecular weight is 234 g/mol. The molecule has 1 saturated heterocycles. The molecule has 0 bridgehead atoms. The Morgan fingerprint density at radius 2 is 1.93 bits per heavy atom. The molecule has 1 heterocycles. The summed E-state index contributed by atoms with van der Waals surface area (Å²) in [5.41, 5.74) is 1.11. The van der Waals surface area contributed by atoms with Crippen LogP contribution in [0.4, 0.5) is 8.78 Å². The smallest absolute Gasteiger partial charge is 0.261 e. The predicted octanol–water partition coefficient (Wildman–Crippen LogP) is 2.65. The van der Waals surface area contributed by atoms with Crippen molar-refractivity contribution in [3.63, 3.8) is 0 Å². The largest absolute Gasteiger partial charge is 0.308 e. The lowest BCUT2D eigenvalue weighted by atomic mass is 10.0. The number of hydrogen-bond donors (Lipinski definition) is 1. The summed E-state index contributed by atoms with van der Waals surface area (Å²) in [4.78, 5) is 0. The zero-order chi connectivity index (χ0) is 10.0. The van der Waals surface area contributed by atoms with Gasteiger partial charge in [0.1, 0.15) is 0 Å². The van der Waals surface area contributed by atoms with Crippen molar-refractivity contribution in [2.24, 2.45) is 0 Å². The summed E-state index contributed by atoms with van der Waals surface area (Å²) in [7, 11) is 0. The maximum absolute atomic E-state index is 12.8. The molecule has 0 radical (unpaired) electrons. The summed E-state index contributed by atoms with van der Waals surface area (Å²) in [5, 5.41) is 2.85. The summed E-state index contributed by atoms with van der Waals surface area (Å²) < 4.78 is 25.7. The van der Waals surface area contributed by atoms with E-state index in [4.69, 9.17) is 0 Å². The molecule has 1 unspecified atom stereocenters. The number of nitrogens with one attached hydrogen (secondary N) is 1. The van der Waals surface area contributed by atoms with Gasteiger partial charge in [0.15, 0.2) is 0 Å². The lowest BCUT2D eigenvalue weighted by Gasteiger charge is -2.09. The molecule has 84 valence electrons. The fourth-order valence-corrected chi connectivity index (χ4v) is 1.84. The molecule has 1 fully saturated rings. The second-order valence-electron chi connectivity index (χ2n) is 3.83. The number of halogens is 3. The highest BCUT2D eigenvalue weighted by Gasteiger charge is 2.38. The first-order valence-electron chi connectivity index (χ1n) is 4.81. The Morgan fingerprint density at radius 3 is 2.47 bits per heavy atom. The highest BCUT2D eigenvalue weighted by molar-refractivity contribution is 5.85. The maximum atomic E-state index is 12.8. The van der Waals surface area contributed by atoms with Gasteiger partial charge in [-0.05, 0) is 12.0 Å². The molecule has 4 heteroatoms. The SMILES string of the molecule is Cl.FC1(F)CNC(Cc2ccccc2)C1. The van der Waals surface area contributed by atoms with Crippen LogP contribution in [-0.4, -0.2) is 18.5 Å². The van der Waals surface area contributed by atoms with Crippen LogP contribution in [0.15, 0.2) is 30.3 Å². The van der Waals surface area contributed by atoms with Gasteiger partial charge in [-0.15, -0.1) is 12.4 Å². The van der Waals surface area contributed by atoms with Crippen LogP contribution in [-0.2, 0) is 6.42 Å². The van der Waals surface area contributed by atoms with Crippen LogP contribution >= 0.6 is 12.4 Å². The molecule has 1 aliphatic heterocycles. The molecule has 0 aliphatic carbocycles. The first-order valence-corrected chi connectivity index (χ1v) is 4.81. The van der Waals surface area contributed by atoms with Gasteiger partial charge in [0.2, 0.25) is 0 Å². The van der Waals surface area contributed by atoms with E-state index in [0.29, 0.717) is 6.42 Å². The zero-order valence-corrected chi connectivity index (χ0v) is 9.07. The molecule has 0 amide bonds. The first kappa shape index (κ1) is 12.4. The normalized spacial score (nSPS) is 23.5. The monoisotopic (exact) mass is 233 g/mol. The van der Waals surface area contributed by atoms with Gasteiger partial charge in [-0.25, -0.2) is 8.78 Å². The molecule has 1 aromatic carbocycles. The van der Waals surface area contributed by atoms with Gasteiger partial charge >= 0.3 is 0 Å². The molecule has 1 nitrogen and oxygen atoms in total. The van der Waals surface area contributed by atoms with Crippen LogP contribution in [0, 0.1) is 0 Å². The molecule has 1 aromatic rings. The van der Waals surface area contributed by atoms with Gasteiger partial charge in [-0.2, -0.15) is 0 Å². The minimum absolute atomic E-state index is 0. The van der Waals surface area contributed by atoms with E-state index in [1.165, 1.54) is 0 Å². The first-order chi connectivity index (χ1) is 6.66. The van der Waals surface area contributed by atoms with Gasteiger partial charge in [0.05, 0.1) is 6.54 Å². The van der Waals surface area contributed by atoms with Crippen LogP contribution in [0.1, 0.15) is 12.0 Å². The van der Waals surface area contributed by atoms with Gasteiger partial charge in [0.25, 0.3) is 5.92 Å². The van der Waals surface area contributed by atoms with E-state index < -0.39 is 5.92 Å². The van der Waals surface area contributed by atoms with Crippen LogP contribution in [0.25, 0.3) is 0 Å². The summed E-state index contributed by atoms with van der Waals surface area (Å²) >= 11 is 0. The van der Waals surface area contributed by atoms with E-state index in [-0.39, 0.29) is 31.4 Å². The quantitative estimate of drug-likeness (QED) is 0.828. The van der Waals surface area contributed by atoms with Crippen LogP contribution in [0.2, 0.25) is 0 Å². The van der Waals surface area contributed by atoms with E-state index in [2.05, 4.69) is 5.32 Å². The molecule has 1 aliphatic rings. The van der Waals surface area contributed by atoms with E-state index in [1.54, 1.807) is 0 Å². The average Bonchev–Trinajstić information content (AvgIpc) is 2.47. The molecule has 0 saturated carbocycles. The molecule has 2 rings (SSSR count).